The van der Waals surface area contributed by atoms with Crippen LogP contribution in [0.15, 0.2) is 42.5 Å². The summed E-state index contributed by atoms with van der Waals surface area (Å²) < 4.78 is 2.21. The van der Waals surface area contributed by atoms with Gasteiger partial charge in [-0.2, -0.15) is 0 Å². The molecule has 0 radical (unpaired) electrons. The van der Waals surface area contributed by atoms with E-state index in [-0.39, 0.29) is 11.9 Å². The van der Waals surface area contributed by atoms with Crippen LogP contribution in [-0.4, -0.2) is 57.5 Å². The summed E-state index contributed by atoms with van der Waals surface area (Å²) in [4.78, 5) is 22.3. The van der Waals surface area contributed by atoms with E-state index in [0.29, 0.717) is 11.1 Å². The third kappa shape index (κ3) is 3.85. The Bertz CT molecular complexity index is 1100. The molecule has 0 bridgehead atoms. The third-order valence-corrected chi connectivity index (χ3v) is 7.20. The van der Waals surface area contributed by atoms with Gasteiger partial charge < -0.3 is 9.47 Å². The van der Waals surface area contributed by atoms with Crippen LogP contribution >= 0.6 is 11.6 Å². The van der Waals surface area contributed by atoms with Gasteiger partial charge in [-0.05, 0) is 82.1 Å². The van der Waals surface area contributed by atoms with E-state index < -0.39 is 0 Å². The predicted molar refractivity (Wildman–Crippen MR) is 125 cm³/mol. The van der Waals surface area contributed by atoms with Crippen molar-refractivity contribution in [1.82, 2.24) is 19.4 Å². The van der Waals surface area contributed by atoms with Crippen molar-refractivity contribution < 1.29 is 4.79 Å². The molecule has 3 heterocycles. The molecule has 2 atom stereocenters. The van der Waals surface area contributed by atoms with E-state index in [1.54, 1.807) is 0 Å². The van der Waals surface area contributed by atoms with E-state index in [0.717, 1.165) is 47.5 Å². The van der Waals surface area contributed by atoms with E-state index in [2.05, 4.69) is 33.5 Å². The van der Waals surface area contributed by atoms with Crippen LogP contribution in [0.4, 0.5) is 0 Å². The minimum absolute atomic E-state index is 0.0963. The number of halogens is 1. The summed E-state index contributed by atoms with van der Waals surface area (Å²) in [6, 6.07) is 14.5. The van der Waals surface area contributed by atoms with Crippen molar-refractivity contribution >= 4 is 28.5 Å². The number of carbonyl (C=O) groups is 1. The number of imidazole rings is 1. The van der Waals surface area contributed by atoms with Gasteiger partial charge in [0, 0.05) is 29.7 Å². The second kappa shape index (κ2) is 8.29. The van der Waals surface area contributed by atoms with Gasteiger partial charge in [-0.1, -0.05) is 23.7 Å². The van der Waals surface area contributed by atoms with Crippen molar-refractivity contribution in [3.8, 4) is 0 Å². The Morgan fingerprint density at radius 3 is 2.58 bits per heavy atom. The summed E-state index contributed by atoms with van der Waals surface area (Å²) in [6.07, 6.45) is 3.68. The number of hydrogen-bond donors (Lipinski definition) is 0. The van der Waals surface area contributed by atoms with Crippen LogP contribution in [0.1, 0.15) is 54.0 Å². The van der Waals surface area contributed by atoms with Crippen LogP contribution < -0.4 is 0 Å². The van der Waals surface area contributed by atoms with Gasteiger partial charge in [0.2, 0.25) is 0 Å². The molecule has 2 fully saturated rings. The minimum Gasteiger partial charge on any atom is -0.337 e. The largest absolute Gasteiger partial charge is 0.337 e. The second-order valence-electron chi connectivity index (χ2n) is 8.90. The maximum Gasteiger partial charge on any atom is 0.253 e. The molecule has 2 saturated heterocycles. The number of benzene rings is 2. The maximum atomic E-state index is 13.1. The second-order valence-corrected chi connectivity index (χ2v) is 9.33. The number of nitrogens with zero attached hydrogens (tertiary/aromatic N) is 4. The van der Waals surface area contributed by atoms with Gasteiger partial charge in [-0.15, -0.1) is 0 Å². The molecule has 0 unspecified atom stereocenters. The average Bonchev–Trinajstić information content (AvgIpc) is 3.52. The molecular weight excluding hydrogens is 408 g/mol. The van der Waals surface area contributed by atoms with Gasteiger partial charge >= 0.3 is 0 Å². The molecule has 5 rings (SSSR count). The summed E-state index contributed by atoms with van der Waals surface area (Å²) in [7, 11) is 0. The van der Waals surface area contributed by atoms with Crippen LogP contribution in [-0.2, 0) is 0 Å². The molecule has 31 heavy (non-hydrogen) atoms. The number of likely N-dealkylation sites (tertiary alicyclic amines) is 2. The topological polar surface area (TPSA) is 41.4 Å². The highest BCUT2D eigenvalue weighted by molar-refractivity contribution is 6.31. The van der Waals surface area contributed by atoms with Crippen molar-refractivity contribution in [2.75, 3.05) is 26.2 Å². The molecule has 5 nitrogen and oxygen atoms in total. The average molecular weight is 437 g/mol. The molecule has 1 aromatic heterocycles. The zero-order valence-electron chi connectivity index (χ0n) is 18.2. The van der Waals surface area contributed by atoms with E-state index in [9.17, 15) is 4.79 Å². The SMILES string of the molecule is Cc1nc2ccc(Cl)cc2n1[C@H](C)c1ccc(C(=O)N2CC[C@H](N3CCCC3)C2)cc1. The number of aromatic nitrogens is 2. The van der Waals surface area contributed by atoms with Crippen LogP contribution in [0.25, 0.3) is 11.0 Å². The fourth-order valence-corrected chi connectivity index (χ4v) is 5.41. The summed E-state index contributed by atoms with van der Waals surface area (Å²) in [5.74, 6) is 1.10. The fourth-order valence-electron chi connectivity index (χ4n) is 5.24. The number of rotatable bonds is 4. The number of amides is 1. The van der Waals surface area contributed by atoms with Crippen molar-refractivity contribution in [3.63, 3.8) is 0 Å². The predicted octanol–water partition coefficient (Wildman–Crippen LogP) is 4.92. The lowest BCUT2D eigenvalue weighted by Crippen LogP contribution is -2.37. The number of aryl methyl sites for hydroxylation is 1. The normalized spacial score (nSPS) is 20.6. The van der Waals surface area contributed by atoms with Crippen LogP contribution in [0.3, 0.4) is 0 Å². The molecule has 3 aromatic rings. The molecule has 1 amide bonds. The summed E-state index contributed by atoms with van der Waals surface area (Å²) in [6.45, 7) is 8.27. The van der Waals surface area contributed by atoms with Crippen LogP contribution in [0.5, 0.6) is 0 Å². The third-order valence-electron chi connectivity index (χ3n) is 6.96. The smallest absolute Gasteiger partial charge is 0.253 e. The lowest BCUT2D eigenvalue weighted by Gasteiger charge is -2.23. The quantitative estimate of drug-likeness (QED) is 0.583. The first-order valence-electron chi connectivity index (χ1n) is 11.3. The lowest BCUT2D eigenvalue weighted by atomic mass is 10.0. The van der Waals surface area contributed by atoms with Gasteiger partial charge in [-0.3, -0.25) is 9.69 Å². The maximum absolute atomic E-state index is 13.1. The Morgan fingerprint density at radius 1 is 1.10 bits per heavy atom. The molecule has 162 valence electrons. The first kappa shape index (κ1) is 20.5. The summed E-state index contributed by atoms with van der Waals surface area (Å²) in [5.41, 5.74) is 3.90. The molecule has 2 aliphatic rings. The monoisotopic (exact) mass is 436 g/mol. The van der Waals surface area contributed by atoms with Gasteiger partial charge in [0.05, 0.1) is 17.1 Å². The molecule has 6 heteroatoms. The van der Waals surface area contributed by atoms with E-state index in [1.807, 2.05) is 42.2 Å². The standard InChI is InChI=1S/C25H29ClN4O/c1-17(30-18(2)27-23-10-9-21(26)15-24(23)30)19-5-7-20(8-6-19)25(31)29-14-11-22(16-29)28-12-3-4-13-28/h5-10,15,17,22H,3-4,11-14,16H2,1-2H3/t17-,22+/m1/s1. The Morgan fingerprint density at radius 2 is 1.84 bits per heavy atom. The van der Waals surface area contributed by atoms with E-state index >= 15 is 0 Å². The van der Waals surface area contributed by atoms with E-state index in [4.69, 9.17) is 11.6 Å². The Balaban J connectivity index is 1.33. The molecule has 0 N–H and O–H groups in total. The van der Waals surface area contributed by atoms with Crippen LogP contribution in [0.2, 0.25) is 5.02 Å². The summed E-state index contributed by atoms with van der Waals surface area (Å²) >= 11 is 6.23. The highest BCUT2D eigenvalue weighted by Crippen LogP contribution is 2.28. The van der Waals surface area contributed by atoms with Crippen LogP contribution in [0, 0.1) is 6.92 Å². The molecule has 2 aromatic carbocycles. The molecule has 0 spiro atoms. The first-order chi connectivity index (χ1) is 15.0. The first-order valence-corrected chi connectivity index (χ1v) is 11.7. The van der Waals surface area contributed by atoms with Gasteiger partial charge in [0.1, 0.15) is 5.82 Å². The van der Waals surface area contributed by atoms with Gasteiger partial charge in [0.25, 0.3) is 5.91 Å². The molecule has 0 aliphatic carbocycles. The minimum atomic E-state index is 0.0963. The Labute approximate surface area is 188 Å². The number of carbonyl (C=O) groups excluding carboxylic acids is 1. The van der Waals surface area contributed by atoms with Gasteiger partial charge in [0.15, 0.2) is 0 Å². The lowest BCUT2D eigenvalue weighted by molar-refractivity contribution is 0.0780. The zero-order chi connectivity index (χ0) is 21.5. The summed E-state index contributed by atoms with van der Waals surface area (Å²) in [5, 5.41) is 0.708. The van der Waals surface area contributed by atoms with Crippen molar-refractivity contribution in [3.05, 3.63) is 64.4 Å². The number of fused-ring (bicyclic) bond motifs is 1. The Kier molecular flexibility index (Phi) is 5.49. The van der Waals surface area contributed by atoms with Crippen molar-refractivity contribution in [2.45, 2.75) is 45.2 Å². The molecule has 0 saturated carbocycles. The number of hydrogen-bond acceptors (Lipinski definition) is 3. The Hall–Kier alpha value is -2.37. The highest BCUT2D eigenvalue weighted by atomic mass is 35.5. The molecular formula is C25H29ClN4O. The zero-order valence-corrected chi connectivity index (χ0v) is 19.0. The highest BCUT2D eigenvalue weighted by Gasteiger charge is 2.32. The fraction of sp³-hybridized carbons (Fsp3) is 0.440. The van der Waals surface area contributed by atoms with E-state index in [1.165, 1.54) is 25.9 Å². The molecule has 2 aliphatic heterocycles. The van der Waals surface area contributed by atoms with Crippen molar-refractivity contribution in [1.29, 1.82) is 0 Å². The van der Waals surface area contributed by atoms with Gasteiger partial charge in [-0.25, -0.2) is 4.98 Å². The van der Waals surface area contributed by atoms with Crippen molar-refractivity contribution in [2.24, 2.45) is 0 Å².